The minimum absolute atomic E-state index is 0.489. The van der Waals surface area contributed by atoms with Crippen molar-refractivity contribution < 1.29 is 0 Å². The van der Waals surface area contributed by atoms with Gasteiger partial charge in [-0.2, -0.15) is 0 Å². The smallest absolute Gasteiger partial charge is 0.0152 e. The van der Waals surface area contributed by atoms with Crippen LogP contribution in [0.2, 0.25) is 0 Å². The Morgan fingerprint density at radius 2 is 1.29 bits per heavy atom. The molecule has 4 aliphatic carbocycles. The summed E-state index contributed by atoms with van der Waals surface area (Å²) in [7, 11) is 0. The van der Waals surface area contributed by atoms with Crippen LogP contribution in [-0.2, 0) is 0 Å². The van der Waals surface area contributed by atoms with Crippen LogP contribution in [0.3, 0.4) is 0 Å². The van der Waals surface area contributed by atoms with E-state index in [1.807, 2.05) is 0 Å². The standard InChI is InChI=1S/C15H26N2/c16-14-1-3-17(4-2-14)15-12-6-10-5-11(8-12)9-13(15)7-10/h10-15H,1-9,16H2. The molecule has 5 aliphatic rings. The average molecular weight is 234 g/mol. The lowest BCUT2D eigenvalue weighted by atomic mass is 9.53. The van der Waals surface area contributed by atoms with Crippen LogP contribution in [-0.4, -0.2) is 30.1 Å². The van der Waals surface area contributed by atoms with Crippen LogP contribution in [0.25, 0.3) is 0 Å². The SMILES string of the molecule is NC1CCN(C2C3CC4CC(C3)CC2C4)CC1. The second kappa shape index (κ2) is 3.96. The maximum absolute atomic E-state index is 6.04. The van der Waals surface area contributed by atoms with E-state index in [0.717, 1.165) is 29.7 Å². The molecule has 1 heterocycles. The van der Waals surface area contributed by atoms with Crippen molar-refractivity contribution >= 4 is 0 Å². The van der Waals surface area contributed by atoms with E-state index in [-0.39, 0.29) is 0 Å². The summed E-state index contributed by atoms with van der Waals surface area (Å²) in [6, 6.07) is 1.44. The zero-order valence-corrected chi connectivity index (χ0v) is 10.9. The van der Waals surface area contributed by atoms with Gasteiger partial charge < -0.3 is 5.73 Å². The van der Waals surface area contributed by atoms with Crippen LogP contribution in [0.4, 0.5) is 0 Å². The summed E-state index contributed by atoms with van der Waals surface area (Å²) in [4.78, 5) is 2.83. The lowest BCUT2D eigenvalue weighted by Crippen LogP contribution is -2.58. The van der Waals surface area contributed by atoms with Crippen molar-refractivity contribution in [3.63, 3.8) is 0 Å². The molecule has 1 saturated heterocycles. The van der Waals surface area contributed by atoms with E-state index in [9.17, 15) is 0 Å². The van der Waals surface area contributed by atoms with Crippen molar-refractivity contribution in [2.45, 2.75) is 57.0 Å². The van der Waals surface area contributed by atoms with E-state index in [1.54, 1.807) is 32.1 Å². The van der Waals surface area contributed by atoms with Gasteiger partial charge in [-0.25, -0.2) is 0 Å². The lowest BCUT2D eigenvalue weighted by Gasteiger charge is -2.58. The number of hydrogen-bond acceptors (Lipinski definition) is 2. The van der Waals surface area contributed by atoms with Gasteiger partial charge in [-0.05, 0) is 81.7 Å². The summed E-state index contributed by atoms with van der Waals surface area (Å²) < 4.78 is 0. The molecule has 4 saturated carbocycles. The number of piperidine rings is 1. The van der Waals surface area contributed by atoms with Crippen molar-refractivity contribution in [1.82, 2.24) is 4.90 Å². The van der Waals surface area contributed by atoms with Gasteiger partial charge in [-0.3, -0.25) is 4.90 Å². The Balaban J connectivity index is 1.50. The van der Waals surface area contributed by atoms with Gasteiger partial charge in [0.1, 0.15) is 0 Å². The molecule has 0 aromatic carbocycles. The molecule has 0 radical (unpaired) electrons. The molecule has 0 aromatic heterocycles. The fourth-order valence-corrected chi connectivity index (χ4v) is 5.71. The molecule has 1 aliphatic heterocycles. The Hall–Kier alpha value is -0.0800. The molecular weight excluding hydrogens is 208 g/mol. The molecular formula is C15H26N2. The highest BCUT2D eigenvalue weighted by Crippen LogP contribution is 2.55. The molecule has 2 N–H and O–H groups in total. The van der Waals surface area contributed by atoms with E-state index in [0.29, 0.717) is 6.04 Å². The molecule has 0 atom stereocenters. The van der Waals surface area contributed by atoms with Crippen molar-refractivity contribution in [2.24, 2.45) is 29.4 Å². The molecule has 0 aromatic rings. The molecule has 96 valence electrons. The van der Waals surface area contributed by atoms with Gasteiger partial charge in [0, 0.05) is 12.1 Å². The van der Waals surface area contributed by atoms with Crippen LogP contribution < -0.4 is 5.73 Å². The molecule has 0 unspecified atom stereocenters. The highest BCUT2D eigenvalue weighted by Gasteiger charge is 2.50. The van der Waals surface area contributed by atoms with Crippen LogP contribution in [0.15, 0.2) is 0 Å². The van der Waals surface area contributed by atoms with E-state index >= 15 is 0 Å². The summed E-state index contributed by atoms with van der Waals surface area (Å²) in [6.45, 7) is 2.57. The first-order valence-corrected chi connectivity index (χ1v) is 7.79. The Morgan fingerprint density at radius 1 is 0.765 bits per heavy atom. The molecule has 4 bridgehead atoms. The third kappa shape index (κ3) is 1.76. The first kappa shape index (κ1) is 10.8. The van der Waals surface area contributed by atoms with E-state index in [1.165, 1.54) is 25.9 Å². The molecule has 5 rings (SSSR count). The number of hydrogen-bond donors (Lipinski definition) is 1. The molecule has 2 heteroatoms. The topological polar surface area (TPSA) is 29.3 Å². The molecule has 17 heavy (non-hydrogen) atoms. The maximum Gasteiger partial charge on any atom is 0.0152 e. The zero-order chi connectivity index (χ0) is 11.4. The maximum atomic E-state index is 6.04. The third-order valence-electron chi connectivity index (χ3n) is 6.17. The molecule has 0 spiro atoms. The summed E-state index contributed by atoms with van der Waals surface area (Å²) in [6.07, 6.45) is 10.3. The summed E-state index contributed by atoms with van der Waals surface area (Å²) >= 11 is 0. The number of rotatable bonds is 1. The normalized spacial score (nSPS) is 51.0. The summed E-state index contributed by atoms with van der Waals surface area (Å²) in [5.74, 6) is 4.34. The second-order valence-electron chi connectivity index (χ2n) is 7.29. The van der Waals surface area contributed by atoms with E-state index in [4.69, 9.17) is 5.73 Å². The minimum atomic E-state index is 0.489. The van der Waals surface area contributed by atoms with Crippen LogP contribution in [0.5, 0.6) is 0 Å². The second-order valence-corrected chi connectivity index (χ2v) is 7.29. The fourth-order valence-electron chi connectivity index (χ4n) is 5.71. The van der Waals surface area contributed by atoms with Crippen LogP contribution in [0, 0.1) is 23.7 Å². The van der Waals surface area contributed by atoms with Crippen LogP contribution >= 0.6 is 0 Å². The van der Waals surface area contributed by atoms with Gasteiger partial charge in [0.25, 0.3) is 0 Å². The van der Waals surface area contributed by atoms with Gasteiger partial charge in [0.05, 0.1) is 0 Å². The summed E-state index contributed by atoms with van der Waals surface area (Å²) in [5, 5.41) is 0. The van der Waals surface area contributed by atoms with Gasteiger partial charge in [-0.1, -0.05) is 0 Å². The van der Waals surface area contributed by atoms with Gasteiger partial charge >= 0.3 is 0 Å². The zero-order valence-electron chi connectivity index (χ0n) is 10.9. The first-order chi connectivity index (χ1) is 8.29. The van der Waals surface area contributed by atoms with Crippen molar-refractivity contribution in [3.8, 4) is 0 Å². The number of nitrogens with zero attached hydrogens (tertiary/aromatic N) is 1. The predicted molar refractivity (Wildman–Crippen MR) is 69.6 cm³/mol. The van der Waals surface area contributed by atoms with E-state index < -0.39 is 0 Å². The largest absolute Gasteiger partial charge is 0.328 e. The minimum Gasteiger partial charge on any atom is -0.328 e. The monoisotopic (exact) mass is 234 g/mol. The molecule has 2 nitrogen and oxygen atoms in total. The summed E-state index contributed by atoms with van der Waals surface area (Å²) in [5.41, 5.74) is 6.04. The third-order valence-corrected chi connectivity index (χ3v) is 6.17. The fraction of sp³-hybridized carbons (Fsp3) is 1.00. The Bertz CT molecular complexity index is 265. The van der Waals surface area contributed by atoms with Crippen molar-refractivity contribution in [2.75, 3.05) is 13.1 Å². The quantitative estimate of drug-likeness (QED) is 0.754. The van der Waals surface area contributed by atoms with E-state index in [2.05, 4.69) is 4.90 Å². The van der Waals surface area contributed by atoms with Gasteiger partial charge in [0.15, 0.2) is 0 Å². The Kier molecular flexibility index (Phi) is 2.52. The van der Waals surface area contributed by atoms with Gasteiger partial charge in [-0.15, -0.1) is 0 Å². The van der Waals surface area contributed by atoms with Crippen LogP contribution in [0.1, 0.15) is 44.9 Å². The highest BCUT2D eigenvalue weighted by molar-refractivity contribution is 5.02. The lowest BCUT2D eigenvalue weighted by molar-refractivity contribution is -0.0710. The Labute approximate surface area is 105 Å². The average Bonchev–Trinajstić information content (AvgIpc) is 2.30. The molecule has 5 fully saturated rings. The number of likely N-dealkylation sites (tertiary alicyclic amines) is 1. The first-order valence-electron chi connectivity index (χ1n) is 7.79. The molecule has 0 amide bonds. The van der Waals surface area contributed by atoms with Gasteiger partial charge in [0.2, 0.25) is 0 Å². The predicted octanol–water partition coefficient (Wildman–Crippen LogP) is 2.23. The highest BCUT2D eigenvalue weighted by atomic mass is 15.2. The Morgan fingerprint density at radius 3 is 1.82 bits per heavy atom. The number of nitrogens with two attached hydrogens (primary N) is 1. The van der Waals surface area contributed by atoms with Crippen molar-refractivity contribution in [1.29, 1.82) is 0 Å². The van der Waals surface area contributed by atoms with Crippen molar-refractivity contribution in [3.05, 3.63) is 0 Å².